The molecule has 1 N–H and O–H groups in total. The van der Waals surface area contributed by atoms with Gasteiger partial charge in [-0.2, -0.15) is 5.10 Å². The van der Waals surface area contributed by atoms with E-state index in [2.05, 4.69) is 51.6 Å². The lowest BCUT2D eigenvalue weighted by atomic mass is 10.1. The first-order valence-corrected chi connectivity index (χ1v) is 6.51. The third kappa shape index (κ3) is 2.67. The van der Waals surface area contributed by atoms with E-state index >= 15 is 0 Å². The third-order valence-corrected chi connectivity index (χ3v) is 3.35. The molecule has 1 aliphatic rings. The summed E-state index contributed by atoms with van der Waals surface area (Å²) in [5.74, 6) is 2.53. The lowest BCUT2D eigenvalue weighted by molar-refractivity contribution is 0.609. The number of aromatic amines is 1. The first-order chi connectivity index (χ1) is 8.90. The number of benzene rings is 1. The summed E-state index contributed by atoms with van der Waals surface area (Å²) in [6.07, 6.45) is 8.76. The van der Waals surface area contributed by atoms with Crippen LogP contribution in [0, 0.1) is 5.92 Å². The summed E-state index contributed by atoms with van der Waals surface area (Å²) in [5, 5.41) is 7.35. The second-order valence-electron chi connectivity index (χ2n) is 4.83. The summed E-state index contributed by atoms with van der Waals surface area (Å²) in [6.45, 7) is 0. The van der Waals surface area contributed by atoms with Gasteiger partial charge in [0.15, 0.2) is 5.82 Å². The fraction of sp³-hybridized carbons (Fsp3) is 0.333. The van der Waals surface area contributed by atoms with Crippen LogP contribution in [0.25, 0.3) is 0 Å². The van der Waals surface area contributed by atoms with E-state index in [1.807, 2.05) is 6.07 Å². The van der Waals surface area contributed by atoms with Crippen molar-refractivity contribution in [2.75, 3.05) is 0 Å². The van der Waals surface area contributed by atoms with Gasteiger partial charge in [0.05, 0.1) is 0 Å². The van der Waals surface area contributed by atoms with Crippen molar-refractivity contribution < 1.29 is 0 Å². The molecule has 3 nitrogen and oxygen atoms in total. The Bertz CT molecular complexity index is 528. The van der Waals surface area contributed by atoms with Crippen LogP contribution in [0.1, 0.15) is 30.1 Å². The minimum absolute atomic E-state index is 0.630. The molecule has 0 amide bonds. The number of H-pyrrole nitrogens is 1. The van der Waals surface area contributed by atoms with Crippen LogP contribution < -0.4 is 0 Å². The highest BCUT2D eigenvalue weighted by atomic mass is 15.2. The van der Waals surface area contributed by atoms with E-state index in [0.29, 0.717) is 5.92 Å². The van der Waals surface area contributed by atoms with Crippen LogP contribution in [0.2, 0.25) is 0 Å². The van der Waals surface area contributed by atoms with Crippen molar-refractivity contribution in [1.82, 2.24) is 15.2 Å². The van der Waals surface area contributed by atoms with Crippen LogP contribution >= 0.6 is 0 Å². The molecule has 1 atom stereocenters. The van der Waals surface area contributed by atoms with E-state index in [0.717, 1.165) is 24.5 Å². The van der Waals surface area contributed by atoms with Crippen molar-refractivity contribution in [2.24, 2.45) is 5.92 Å². The summed E-state index contributed by atoms with van der Waals surface area (Å²) < 4.78 is 0. The van der Waals surface area contributed by atoms with Crippen LogP contribution in [0.15, 0.2) is 42.5 Å². The molecule has 0 bridgehead atoms. The maximum atomic E-state index is 4.57. The Hall–Kier alpha value is -1.90. The minimum Gasteiger partial charge on any atom is -0.263 e. The lowest BCUT2D eigenvalue weighted by Crippen LogP contribution is -1.99. The first-order valence-electron chi connectivity index (χ1n) is 6.51. The molecule has 3 heteroatoms. The molecule has 0 radical (unpaired) electrons. The molecule has 1 heterocycles. The molecule has 0 aliphatic heterocycles. The number of allylic oxidation sites excluding steroid dienone is 2. The van der Waals surface area contributed by atoms with Crippen LogP contribution in [-0.4, -0.2) is 15.2 Å². The van der Waals surface area contributed by atoms with E-state index in [4.69, 9.17) is 0 Å². The zero-order chi connectivity index (χ0) is 12.2. The Labute approximate surface area is 107 Å². The highest BCUT2D eigenvalue weighted by Gasteiger charge is 2.13. The van der Waals surface area contributed by atoms with Gasteiger partial charge in [-0.15, -0.1) is 0 Å². The average molecular weight is 239 g/mol. The molecule has 0 saturated heterocycles. The number of aromatic nitrogens is 3. The largest absolute Gasteiger partial charge is 0.263 e. The molecule has 1 aromatic heterocycles. The van der Waals surface area contributed by atoms with Gasteiger partial charge in [-0.3, -0.25) is 5.10 Å². The van der Waals surface area contributed by atoms with Crippen LogP contribution in [0.4, 0.5) is 0 Å². The standard InChI is InChI=1S/C15H17N3/c1-2-6-12(7-3-1)10-14-16-15(18-17-14)11-13-8-4-5-9-13/h1-4,6-8,13H,5,9-11H2,(H,16,17,18). The number of nitrogens with zero attached hydrogens (tertiary/aromatic N) is 2. The summed E-state index contributed by atoms with van der Waals surface area (Å²) in [6, 6.07) is 10.4. The minimum atomic E-state index is 0.630. The SMILES string of the molecule is C1=CC(Cc2n[nH]c(Cc3ccccc3)n2)CC1. The molecule has 18 heavy (non-hydrogen) atoms. The fourth-order valence-electron chi connectivity index (χ4n) is 2.39. The number of rotatable bonds is 4. The van der Waals surface area contributed by atoms with E-state index in [-0.39, 0.29) is 0 Å². The fourth-order valence-corrected chi connectivity index (χ4v) is 2.39. The van der Waals surface area contributed by atoms with Gasteiger partial charge in [0, 0.05) is 12.8 Å². The Balaban J connectivity index is 1.64. The third-order valence-electron chi connectivity index (χ3n) is 3.35. The number of hydrogen-bond acceptors (Lipinski definition) is 2. The Morgan fingerprint density at radius 1 is 1.22 bits per heavy atom. The molecule has 2 aromatic rings. The molecule has 1 aromatic carbocycles. The second kappa shape index (κ2) is 5.17. The number of nitrogens with one attached hydrogen (secondary N) is 1. The molecule has 3 rings (SSSR count). The van der Waals surface area contributed by atoms with Crippen molar-refractivity contribution >= 4 is 0 Å². The zero-order valence-corrected chi connectivity index (χ0v) is 10.3. The van der Waals surface area contributed by atoms with Crippen molar-refractivity contribution in [2.45, 2.75) is 25.7 Å². The second-order valence-corrected chi connectivity index (χ2v) is 4.83. The summed E-state index contributed by atoms with van der Waals surface area (Å²) in [5.41, 5.74) is 1.26. The Kier molecular flexibility index (Phi) is 3.22. The molecular weight excluding hydrogens is 222 g/mol. The van der Waals surface area contributed by atoms with Crippen LogP contribution in [-0.2, 0) is 12.8 Å². The van der Waals surface area contributed by atoms with Gasteiger partial charge in [0.1, 0.15) is 5.82 Å². The van der Waals surface area contributed by atoms with Crippen LogP contribution in [0.5, 0.6) is 0 Å². The highest BCUT2D eigenvalue weighted by Crippen LogP contribution is 2.20. The quantitative estimate of drug-likeness (QED) is 0.833. The molecule has 0 spiro atoms. The first kappa shape index (κ1) is 11.2. The Morgan fingerprint density at radius 3 is 2.89 bits per heavy atom. The van der Waals surface area contributed by atoms with Gasteiger partial charge in [-0.1, -0.05) is 42.5 Å². The highest BCUT2D eigenvalue weighted by molar-refractivity contribution is 5.18. The van der Waals surface area contributed by atoms with Gasteiger partial charge in [-0.25, -0.2) is 4.98 Å². The maximum absolute atomic E-state index is 4.57. The molecular formula is C15H17N3. The zero-order valence-electron chi connectivity index (χ0n) is 10.3. The molecule has 0 fully saturated rings. The van der Waals surface area contributed by atoms with Crippen molar-refractivity contribution in [3.8, 4) is 0 Å². The summed E-state index contributed by atoms with van der Waals surface area (Å²) in [7, 11) is 0. The Morgan fingerprint density at radius 2 is 2.11 bits per heavy atom. The van der Waals surface area contributed by atoms with Gasteiger partial charge in [0.2, 0.25) is 0 Å². The smallest absolute Gasteiger partial charge is 0.151 e. The monoisotopic (exact) mass is 239 g/mol. The predicted octanol–water partition coefficient (Wildman–Crippen LogP) is 2.90. The van der Waals surface area contributed by atoms with Crippen molar-refractivity contribution in [3.63, 3.8) is 0 Å². The number of hydrogen-bond donors (Lipinski definition) is 1. The van der Waals surface area contributed by atoms with Crippen molar-refractivity contribution in [1.29, 1.82) is 0 Å². The summed E-state index contributed by atoms with van der Waals surface area (Å²) >= 11 is 0. The average Bonchev–Trinajstić information content (AvgIpc) is 3.03. The van der Waals surface area contributed by atoms with E-state index < -0.39 is 0 Å². The van der Waals surface area contributed by atoms with E-state index in [1.165, 1.54) is 18.4 Å². The molecule has 1 aliphatic carbocycles. The molecule has 92 valence electrons. The molecule has 1 unspecified atom stereocenters. The molecule has 0 saturated carbocycles. The van der Waals surface area contributed by atoms with E-state index in [9.17, 15) is 0 Å². The van der Waals surface area contributed by atoms with Gasteiger partial charge < -0.3 is 0 Å². The lowest BCUT2D eigenvalue weighted by Gasteiger charge is -2.01. The summed E-state index contributed by atoms with van der Waals surface area (Å²) in [4.78, 5) is 4.57. The van der Waals surface area contributed by atoms with Gasteiger partial charge in [-0.05, 0) is 24.3 Å². The predicted molar refractivity (Wildman–Crippen MR) is 71.2 cm³/mol. The normalized spacial score (nSPS) is 18.3. The van der Waals surface area contributed by atoms with Crippen molar-refractivity contribution in [3.05, 3.63) is 59.7 Å². The maximum Gasteiger partial charge on any atom is 0.151 e. The van der Waals surface area contributed by atoms with Gasteiger partial charge >= 0.3 is 0 Å². The topological polar surface area (TPSA) is 41.6 Å². The van der Waals surface area contributed by atoms with Gasteiger partial charge in [0.25, 0.3) is 0 Å². The van der Waals surface area contributed by atoms with E-state index in [1.54, 1.807) is 0 Å². The van der Waals surface area contributed by atoms with Crippen LogP contribution in [0.3, 0.4) is 0 Å².